The van der Waals surface area contributed by atoms with Gasteiger partial charge in [-0.2, -0.15) is 0 Å². The van der Waals surface area contributed by atoms with E-state index < -0.39 is 0 Å². The molecule has 1 unspecified atom stereocenters. The number of fused-ring (bicyclic) bond motifs is 1. The first kappa shape index (κ1) is 20.3. The normalized spacial score (nSPS) is 12.1. The van der Waals surface area contributed by atoms with Crippen molar-refractivity contribution in [3.63, 3.8) is 0 Å². The number of carbonyl (C=O) groups excluding carboxylic acids is 1. The maximum Gasteiger partial charge on any atom is 0.226 e. The van der Waals surface area contributed by atoms with E-state index in [-0.39, 0.29) is 5.91 Å². The number of carbonyl (C=O) groups is 1. The first-order chi connectivity index (χ1) is 13.6. The number of ether oxygens (including phenoxy) is 1. The lowest BCUT2D eigenvalue weighted by atomic mass is 9.99. The summed E-state index contributed by atoms with van der Waals surface area (Å²) in [4.78, 5) is 16.7. The second-order valence-corrected chi connectivity index (χ2v) is 8.08. The van der Waals surface area contributed by atoms with Gasteiger partial charge >= 0.3 is 0 Å². The number of amides is 1. The predicted octanol–water partition coefficient (Wildman–Crippen LogP) is 6.17. The van der Waals surface area contributed by atoms with E-state index in [2.05, 4.69) is 55.3 Å². The molecule has 0 spiro atoms. The summed E-state index contributed by atoms with van der Waals surface area (Å²) in [6.07, 6.45) is 3.22. The Morgan fingerprint density at radius 2 is 1.96 bits per heavy atom. The van der Waals surface area contributed by atoms with Crippen LogP contribution in [-0.4, -0.2) is 17.5 Å². The van der Waals surface area contributed by atoms with Crippen LogP contribution in [0.4, 0.5) is 5.13 Å². The van der Waals surface area contributed by atoms with Gasteiger partial charge in [-0.05, 0) is 60.6 Å². The monoisotopic (exact) mass is 396 g/mol. The molecule has 0 radical (unpaired) electrons. The summed E-state index contributed by atoms with van der Waals surface area (Å²) in [7, 11) is 0. The van der Waals surface area contributed by atoms with Crippen molar-refractivity contribution in [1.82, 2.24) is 4.98 Å². The second kappa shape index (κ2) is 9.69. The van der Waals surface area contributed by atoms with Gasteiger partial charge in [0.25, 0.3) is 0 Å². The molecule has 148 valence electrons. The Kier molecular flexibility index (Phi) is 7.04. The number of hydrogen-bond donors (Lipinski definition) is 1. The van der Waals surface area contributed by atoms with Gasteiger partial charge in [-0.25, -0.2) is 4.98 Å². The molecule has 1 aromatic heterocycles. The van der Waals surface area contributed by atoms with E-state index in [1.165, 1.54) is 22.5 Å². The highest BCUT2D eigenvalue weighted by molar-refractivity contribution is 7.22. The minimum Gasteiger partial charge on any atom is -0.494 e. The molecule has 0 aliphatic rings. The van der Waals surface area contributed by atoms with Crippen LogP contribution < -0.4 is 10.1 Å². The molecule has 0 bridgehead atoms. The average Bonchev–Trinajstić information content (AvgIpc) is 3.12. The molecule has 0 saturated heterocycles. The van der Waals surface area contributed by atoms with Crippen molar-refractivity contribution in [2.45, 2.75) is 52.4 Å². The summed E-state index contributed by atoms with van der Waals surface area (Å²) < 4.78 is 6.82. The third-order valence-electron chi connectivity index (χ3n) is 4.99. The largest absolute Gasteiger partial charge is 0.494 e. The minimum absolute atomic E-state index is 0.0221. The summed E-state index contributed by atoms with van der Waals surface area (Å²) in [5.41, 5.74) is 3.55. The maximum absolute atomic E-state index is 12.2. The third kappa shape index (κ3) is 5.32. The van der Waals surface area contributed by atoms with Gasteiger partial charge in [0.15, 0.2) is 5.13 Å². The van der Waals surface area contributed by atoms with E-state index in [4.69, 9.17) is 4.74 Å². The van der Waals surface area contributed by atoms with Crippen molar-refractivity contribution < 1.29 is 9.53 Å². The fraction of sp³-hybridized carbons (Fsp3) is 0.391. The molecule has 4 nitrogen and oxygen atoms in total. The smallest absolute Gasteiger partial charge is 0.226 e. The Morgan fingerprint density at radius 1 is 1.18 bits per heavy atom. The van der Waals surface area contributed by atoms with Crippen LogP contribution in [0.5, 0.6) is 5.75 Å². The number of benzene rings is 2. The molecule has 1 amide bonds. The van der Waals surface area contributed by atoms with Crippen molar-refractivity contribution >= 4 is 32.6 Å². The van der Waals surface area contributed by atoms with Crippen LogP contribution in [0.25, 0.3) is 10.2 Å². The van der Waals surface area contributed by atoms with Gasteiger partial charge in [0, 0.05) is 6.42 Å². The van der Waals surface area contributed by atoms with Crippen LogP contribution in [-0.2, 0) is 11.2 Å². The van der Waals surface area contributed by atoms with Gasteiger partial charge in [-0.3, -0.25) is 4.79 Å². The van der Waals surface area contributed by atoms with Gasteiger partial charge in [-0.15, -0.1) is 0 Å². The molecule has 0 aliphatic carbocycles. The Hall–Kier alpha value is -2.40. The van der Waals surface area contributed by atoms with E-state index in [0.29, 0.717) is 30.5 Å². The van der Waals surface area contributed by atoms with E-state index >= 15 is 0 Å². The molecule has 1 atom stereocenters. The zero-order chi connectivity index (χ0) is 19.9. The lowest BCUT2D eigenvalue weighted by Gasteiger charge is -2.07. The van der Waals surface area contributed by atoms with Crippen LogP contribution in [0.3, 0.4) is 0 Å². The van der Waals surface area contributed by atoms with Crippen LogP contribution in [0, 0.1) is 0 Å². The maximum atomic E-state index is 12.2. The van der Waals surface area contributed by atoms with Crippen molar-refractivity contribution in [2.75, 3.05) is 11.9 Å². The summed E-state index contributed by atoms with van der Waals surface area (Å²) in [5, 5.41) is 3.58. The zero-order valence-electron chi connectivity index (χ0n) is 16.8. The molecule has 0 saturated carbocycles. The lowest BCUT2D eigenvalue weighted by Crippen LogP contribution is -2.12. The molecule has 0 aliphatic heterocycles. The molecular formula is C23H28N2O2S. The van der Waals surface area contributed by atoms with E-state index in [1.807, 2.05) is 18.2 Å². The quantitative estimate of drug-likeness (QED) is 0.440. The summed E-state index contributed by atoms with van der Waals surface area (Å²) in [5.74, 6) is 1.36. The molecule has 0 fully saturated rings. The Morgan fingerprint density at radius 3 is 2.68 bits per heavy atom. The minimum atomic E-state index is -0.0221. The number of hydrogen-bond acceptors (Lipinski definition) is 4. The Bertz CT molecular complexity index is 918. The highest BCUT2D eigenvalue weighted by Gasteiger charge is 2.10. The molecule has 2 aromatic carbocycles. The van der Waals surface area contributed by atoms with Crippen molar-refractivity contribution in [2.24, 2.45) is 0 Å². The summed E-state index contributed by atoms with van der Waals surface area (Å²) >= 11 is 1.53. The SMILES string of the molecule is CCc1ccc(OCCCC(=O)Nc2nc3ccc(C(C)CC)cc3s2)cc1. The van der Waals surface area contributed by atoms with E-state index in [9.17, 15) is 4.79 Å². The van der Waals surface area contributed by atoms with Crippen molar-refractivity contribution in [3.05, 3.63) is 53.6 Å². The topological polar surface area (TPSA) is 51.2 Å². The molecule has 3 aromatic rings. The van der Waals surface area contributed by atoms with Gasteiger partial charge in [-0.1, -0.05) is 50.3 Å². The number of aromatic nitrogens is 1. The molecule has 1 N–H and O–H groups in total. The molecular weight excluding hydrogens is 368 g/mol. The predicted molar refractivity (Wildman–Crippen MR) is 118 cm³/mol. The van der Waals surface area contributed by atoms with Crippen LogP contribution in [0.1, 0.15) is 57.1 Å². The Balaban J connectivity index is 1.47. The number of nitrogens with one attached hydrogen (secondary N) is 1. The summed E-state index contributed by atoms with van der Waals surface area (Å²) in [6, 6.07) is 14.5. The third-order valence-corrected chi connectivity index (χ3v) is 5.92. The van der Waals surface area contributed by atoms with Crippen LogP contribution >= 0.6 is 11.3 Å². The first-order valence-electron chi connectivity index (χ1n) is 10.0. The van der Waals surface area contributed by atoms with E-state index in [0.717, 1.165) is 28.8 Å². The lowest BCUT2D eigenvalue weighted by molar-refractivity contribution is -0.116. The van der Waals surface area contributed by atoms with Gasteiger partial charge < -0.3 is 10.1 Å². The fourth-order valence-corrected chi connectivity index (χ4v) is 3.89. The van der Waals surface area contributed by atoms with Crippen LogP contribution in [0.15, 0.2) is 42.5 Å². The zero-order valence-corrected chi connectivity index (χ0v) is 17.6. The Labute approximate surface area is 171 Å². The number of aryl methyl sites for hydroxylation is 1. The number of thiazole rings is 1. The number of nitrogens with zero attached hydrogens (tertiary/aromatic N) is 1. The number of rotatable bonds is 9. The molecule has 1 heterocycles. The average molecular weight is 397 g/mol. The van der Waals surface area contributed by atoms with E-state index in [1.54, 1.807) is 0 Å². The second-order valence-electron chi connectivity index (χ2n) is 7.05. The number of anilines is 1. The van der Waals surface area contributed by atoms with Crippen molar-refractivity contribution in [1.29, 1.82) is 0 Å². The van der Waals surface area contributed by atoms with Crippen LogP contribution in [0.2, 0.25) is 0 Å². The molecule has 28 heavy (non-hydrogen) atoms. The van der Waals surface area contributed by atoms with Gasteiger partial charge in [0.05, 0.1) is 16.8 Å². The van der Waals surface area contributed by atoms with Gasteiger partial charge in [0.1, 0.15) is 5.75 Å². The fourth-order valence-electron chi connectivity index (χ4n) is 2.96. The molecule has 3 rings (SSSR count). The highest BCUT2D eigenvalue weighted by Crippen LogP contribution is 2.30. The highest BCUT2D eigenvalue weighted by atomic mass is 32.1. The molecule has 5 heteroatoms. The van der Waals surface area contributed by atoms with Crippen molar-refractivity contribution in [3.8, 4) is 5.75 Å². The van der Waals surface area contributed by atoms with Gasteiger partial charge in [0.2, 0.25) is 5.91 Å². The standard InChI is InChI=1S/C23H28N2O2S/c1-4-16(3)18-10-13-20-21(15-18)28-23(24-20)25-22(26)7-6-14-27-19-11-8-17(5-2)9-12-19/h8-13,15-16H,4-7,14H2,1-3H3,(H,24,25,26). The first-order valence-corrected chi connectivity index (χ1v) is 10.8. The summed E-state index contributed by atoms with van der Waals surface area (Å²) in [6.45, 7) is 7.07.